The van der Waals surface area contributed by atoms with Gasteiger partial charge in [-0.3, -0.25) is 0 Å². The first-order valence-corrected chi connectivity index (χ1v) is 7.32. The standard InChI is InChI=1S/C13H20INO2/c1-2-3-4-5-6-7-8-15-10-11(14)9-12(15)13(16)17/h9-10H,2-8H2,1H3,(H,16,17). The van der Waals surface area contributed by atoms with Crippen LogP contribution in [0.3, 0.4) is 0 Å². The third-order valence-corrected chi connectivity index (χ3v) is 3.42. The molecule has 1 aromatic rings. The third kappa shape index (κ3) is 5.10. The Hall–Kier alpha value is -0.520. The lowest BCUT2D eigenvalue weighted by Crippen LogP contribution is -2.07. The Morgan fingerprint density at radius 2 is 1.94 bits per heavy atom. The smallest absolute Gasteiger partial charge is 0.352 e. The van der Waals surface area contributed by atoms with Crippen LogP contribution in [0.15, 0.2) is 12.3 Å². The molecule has 17 heavy (non-hydrogen) atoms. The molecule has 1 heterocycles. The van der Waals surface area contributed by atoms with Crippen molar-refractivity contribution in [1.29, 1.82) is 0 Å². The Balaban J connectivity index is 2.33. The van der Waals surface area contributed by atoms with Crippen molar-refractivity contribution >= 4 is 28.6 Å². The van der Waals surface area contributed by atoms with Gasteiger partial charge in [0.25, 0.3) is 0 Å². The number of carboxylic acids is 1. The van der Waals surface area contributed by atoms with Gasteiger partial charge in [0.1, 0.15) is 5.69 Å². The third-order valence-electron chi connectivity index (χ3n) is 2.83. The number of nitrogens with zero attached hydrogens (tertiary/aromatic N) is 1. The van der Waals surface area contributed by atoms with Gasteiger partial charge in [-0.05, 0) is 35.1 Å². The maximum Gasteiger partial charge on any atom is 0.352 e. The summed E-state index contributed by atoms with van der Waals surface area (Å²) in [6.45, 7) is 3.03. The van der Waals surface area contributed by atoms with Crippen LogP contribution < -0.4 is 0 Å². The minimum Gasteiger partial charge on any atom is -0.477 e. The molecule has 0 amide bonds. The molecule has 0 fully saturated rings. The second-order valence-electron chi connectivity index (χ2n) is 4.31. The SMILES string of the molecule is CCCCCCCCn1cc(I)cc1C(=O)O. The van der Waals surface area contributed by atoms with E-state index in [0.29, 0.717) is 5.69 Å². The van der Waals surface area contributed by atoms with Crippen LogP contribution in [0, 0.1) is 3.57 Å². The molecule has 3 nitrogen and oxygen atoms in total. The minimum atomic E-state index is -0.834. The average Bonchev–Trinajstić information content (AvgIpc) is 2.65. The predicted molar refractivity (Wildman–Crippen MR) is 77.5 cm³/mol. The zero-order valence-electron chi connectivity index (χ0n) is 10.3. The van der Waals surface area contributed by atoms with Crippen molar-refractivity contribution < 1.29 is 9.90 Å². The Morgan fingerprint density at radius 3 is 2.59 bits per heavy atom. The molecule has 0 saturated carbocycles. The van der Waals surface area contributed by atoms with Gasteiger partial charge in [0.05, 0.1) is 0 Å². The van der Waals surface area contributed by atoms with E-state index in [1.165, 1.54) is 32.1 Å². The van der Waals surface area contributed by atoms with Gasteiger partial charge in [0, 0.05) is 16.3 Å². The van der Waals surface area contributed by atoms with E-state index in [2.05, 4.69) is 29.5 Å². The normalized spacial score (nSPS) is 10.7. The maximum atomic E-state index is 11.0. The molecule has 0 radical (unpaired) electrons. The van der Waals surface area contributed by atoms with Gasteiger partial charge in [0.15, 0.2) is 0 Å². The predicted octanol–water partition coefficient (Wildman–Crippen LogP) is 4.15. The number of halogens is 1. The van der Waals surface area contributed by atoms with Gasteiger partial charge >= 0.3 is 5.97 Å². The average molecular weight is 349 g/mol. The van der Waals surface area contributed by atoms with E-state index in [1.807, 2.05) is 10.8 Å². The Labute approximate surface area is 116 Å². The van der Waals surface area contributed by atoms with Crippen molar-refractivity contribution in [1.82, 2.24) is 4.57 Å². The number of rotatable bonds is 8. The molecule has 0 atom stereocenters. The zero-order valence-corrected chi connectivity index (χ0v) is 12.4. The molecule has 1 N–H and O–H groups in total. The van der Waals surface area contributed by atoms with E-state index < -0.39 is 5.97 Å². The summed E-state index contributed by atoms with van der Waals surface area (Å²) in [7, 11) is 0. The lowest BCUT2D eigenvalue weighted by molar-refractivity contribution is 0.0685. The Kier molecular flexibility index (Phi) is 6.62. The van der Waals surface area contributed by atoms with E-state index >= 15 is 0 Å². The second kappa shape index (κ2) is 7.74. The van der Waals surface area contributed by atoms with Gasteiger partial charge in [-0.25, -0.2) is 4.79 Å². The lowest BCUT2D eigenvalue weighted by atomic mass is 10.1. The molecular formula is C13H20INO2. The van der Waals surface area contributed by atoms with Crippen molar-refractivity contribution in [3.8, 4) is 0 Å². The number of hydrogen-bond donors (Lipinski definition) is 1. The van der Waals surface area contributed by atoms with E-state index in [1.54, 1.807) is 6.07 Å². The number of aromatic carboxylic acids is 1. The van der Waals surface area contributed by atoms with Crippen LogP contribution in [0.2, 0.25) is 0 Å². The fourth-order valence-corrected chi connectivity index (χ4v) is 2.53. The van der Waals surface area contributed by atoms with Gasteiger partial charge < -0.3 is 9.67 Å². The molecule has 1 aromatic heterocycles. The molecule has 1 rings (SSSR count). The lowest BCUT2D eigenvalue weighted by Gasteiger charge is -2.05. The highest BCUT2D eigenvalue weighted by Gasteiger charge is 2.10. The van der Waals surface area contributed by atoms with Crippen LogP contribution in [0.1, 0.15) is 55.9 Å². The molecular weight excluding hydrogens is 329 g/mol. The van der Waals surface area contributed by atoms with E-state index in [9.17, 15) is 4.79 Å². The number of unbranched alkanes of at least 4 members (excludes halogenated alkanes) is 5. The van der Waals surface area contributed by atoms with Crippen molar-refractivity contribution in [2.75, 3.05) is 0 Å². The van der Waals surface area contributed by atoms with E-state index in [-0.39, 0.29) is 0 Å². The Bertz CT molecular complexity index is 360. The Morgan fingerprint density at radius 1 is 1.29 bits per heavy atom. The van der Waals surface area contributed by atoms with Gasteiger partial charge in [-0.1, -0.05) is 39.0 Å². The molecule has 0 aliphatic carbocycles. The molecule has 0 spiro atoms. The van der Waals surface area contributed by atoms with Crippen LogP contribution in [0.4, 0.5) is 0 Å². The summed E-state index contributed by atoms with van der Waals surface area (Å²) in [5.74, 6) is -0.834. The van der Waals surface area contributed by atoms with E-state index in [0.717, 1.165) is 16.5 Å². The first-order valence-electron chi connectivity index (χ1n) is 6.24. The van der Waals surface area contributed by atoms with E-state index in [4.69, 9.17) is 5.11 Å². The van der Waals surface area contributed by atoms with Crippen LogP contribution in [0.25, 0.3) is 0 Å². The summed E-state index contributed by atoms with van der Waals surface area (Å²) in [5, 5.41) is 9.03. The fourth-order valence-electron chi connectivity index (χ4n) is 1.90. The van der Waals surface area contributed by atoms with Crippen molar-refractivity contribution in [2.24, 2.45) is 0 Å². The zero-order chi connectivity index (χ0) is 12.7. The van der Waals surface area contributed by atoms with Crippen molar-refractivity contribution in [3.63, 3.8) is 0 Å². The van der Waals surface area contributed by atoms with Crippen LogP contribution in [-0.2, 0) is 6.54 Å². The molecule has 0 unspecified atom stereocenters. The van der Waals surface area contributed by atoms with Crippen molar-refractivity contribution in [2.45, 2.75) is 52.0 Å². The summed E-state index contributed by atoms with van der Waals surface area (Å²) < 4.78 is 2.84. The highest BCUT2D eigenvalue weighted by Crippen LogP contribution is 2.13. The second-order valence-corrected chi connectivity index (χ2v) is 5.56. The number of aromatic nitrogens is 1. The molecule has 96 valence electrons. The highest BCUT2D eigenvalue weighted by molar-refractivity contribution is 14.1. The fraction of sp³-hybridized carbons (Fsp3) is 0.615. The molecule has 4 heteroatoms. The van der Waals surface area contributed by atoms with Crippen LogP contribution in [0.5, 0.6) is 0 Å². The topological polar surface area (TPSA) is 42.2 Å². The number of aryl methyl sites for hydroxylation is 1. The van der Waals surface area contributed by atoms with Gasteiger partial charge in [0.2, 0.25) is 0 Å². The minimum absolute atomic E-state index is 0.406. The monoisotopic (exact) mass is 349 g/mol. The molecule has 0 saturated heterocycles. The number of carboxylic acid groups (broad SMARTS) is 1. The summed E-state index contributed by atoms with van der Waals surface area (Å²) in [4.78, 5) is 11.0. The van der Waals surface area contributed by atoms with Crippen molar-refractivity contribution in [3.05, 3.63) is 21.5 Å². The molecule has 0 aliphatic rings. The van der Waals surface area contributed by atoms with Gasteiger partial charge in [-0.15, -0.1) is 0 Å². The summed E-state index contributed by atoms with van der Waals surface area (Å²) in [6, 6.07) is 1.72. The summed E-state index contributed by atoms with van der Waals surface area (Å²) >= 11 is 2.15. The first kappa shape index (κ1) is 14.5. The first-order chi connectivity index (χ1) is 8.15. The molecule has 0 aromatic carbocycles. The maximum absolute atomic E-state index is 11.0. The van der Waals surface area contributed by atoms with Gasteiger partial charge in [-0.2, -0.15) is 0 Å². The highest BCUT2D eigenvalue weighted by atomic mass is 127. The van der Waals surface area contributed by atoms with Crippen LogP contribution in [-0.4, -0.2) is 15.6 Å². The molecule has 0 bridgehead atoms. The number of hydrogen-bond acceptors (Lipinski definition) is 1. The summed E-state index contributed by atoms with van der Waals surface area (Å²) in [6.07, 6.45) is 9.29. The van der Waals surface area contributed by atoms with Crippen LogP contribution >= 0.6 is 22.6 Å². The largest absolute Gasteiger partial charge is 0.477 e. The summed E-state index contributed by atoms with van der Waals surface area (Å²) in [5.41, 5.74) is 0.406. The molecule has 0 aliphatic heterocycles. The quantitative estimate of drug-likeness (QED) is 0.566. The number of carbonyl (C=O) groups is 1.